The zero-order valence-electron chi connectivity index (χ0n) is 21.0. The van der Waals surface area contributed by atoms with Gasteiger partial charge in [0.15, 0.2) is 10.9 Å². The molecule has 2 N–H and O–H groups in total. The van der Waals surface area contributed by atoms with Crippen LogP contribution in [0.5, 0.6) is 5.75 Å². The van der Waals surface area contributed by atoms with Gasteiger partial charge in [0.25, 0.3) is 0 Å². The van der Waals surface area contributed by atoms with Crippen molar-refractivity contribution in [3.63, 3.8) is 0 Å². The summed E-state index contributed by atoms with van der Waals surface area (Å²) in [5.74, 6) is 1.18. The molecule has 4 rings (SSSR count). The number of carbonyl (C=O) groups excluding carboxylic acids is 1. The predicted octanol–water partition coefficient (Wildman–Crippen LogP) is 5.68. The molecular formula is C28H27FN6O2S. The maximum atomic E-state index is 12.7. The molecular weight excluding hydrogens is 503 g/mol. The summed E-state index contributed by atoms with van der Waals surface area (Å²) in [6, 6.07) is 21.3. The van der Waals surface area contributed by atoms with Gasteiger partial charge < -0.3 is 5.73 Å². The minimum atomic E-state index is -0.00592. The van der Waals surface area contributed by atoms with Gasteiger partial charge in [-0.25, -0.2) is 9.98 Å². The van der Waals surface area contributed by atoms with E-state index in [2.05, 4.69) is 45.0 Å². The van der Waals surface area contributed by atoms with Gasteiger partial charge >= 0.3 is 0 Å². The van der Waals surface area contributed by atoms with E-state index in [1.54, 1.807) is 23.2 Å². The number of nitrogens with two attached hydrogens (primary N) is 1. The van der Waals surface area contributed by atoms with Crippen LogP contribution < -0.4 is 15.6 Å². The number of aliphatic imine (C=N–C) groups is 2. The Kier molecular flexibility index (Phi) is 8.99. The van der Waals surface area contributed by atoms with Crippen LogP contribution >= 0.6 is 11.8 Å². The maximum absolute atomic E-state index is 12.7. The predicted molar refractivity (Wildman–Crippen MR) is 153 cm³/mol. The molecule has 1 amide bonds. The maximum Gasteiger partial charge on any atom is 0.243 e. The van der Waals surface area contributed by atoms with E-state index in [4.69, 9.17) is 5.73 Å². The molecule has 3 aromatic rings. The van der Waals surface area contributed by atoms with E-state index in [9.17, 15) is 9.32 Å². The molecule has 0 aromatic heterocycles. The normalized spacial score (nSPS) is 15.5. The Morgan fingerprint density at radius 1 is 1.11 bits per heavy atom. The number of rotatable bonds is 9. The summed E-state index contributed by atoms with van der Waals surface area (Å²) in [5, 5.41) is 9.13. The van der Waals surface area contributed by atoms with Crippen LogP contribution in [0.1, 0.15) is 30.5 Å². The van der Waals surface area contributed by atoms with Crippen LogP contribution in [0.2, 0.25) is 0 Å². The molecule has 38 heavy (non-hydrogen) atoms. The van der Waals surface area contributed by atoms with Crippen LogP contribution in [-0.4, -0.2) is 35.2 Å². The van der Waals surface area contributed by atoms with Crippen LogP contribution in [0.4, 0.5) is 15.9 Å². The Morgan fingerprint density at radius 2 is 1.84 bits per heavy atom. The fourth-order valence-electron chi connectivity index (χ4n) is 3.72. The molecule has 0 atom stereocenters. The van der Waals surface area contributed by atoms with Gasteiger partial charge in [-0.2, -0.15) is 5.10 Å². The molecule has 0 aliphatic carbocycles. The first-order valence-corrected chi connectivity index (χ1v) is 12.9. The minimum Gasteiger partial charge on any atom is -0.383 e. The lowest BCUT2D eigenvalue weighted by molar-refractivity contribution is -0.115. The third-order valence-corrected chi connectivity index (χ3v) is 6.43. The average molecular weight is 531 g/mol. The highest BCUT2D eigenvalue weighted by Gasteiger charge is 2.31. The van der Waals surface area contributed by atoms with E-state index in [0.717, 1.165) is 23.2 Å². The van der Waals surface area contributed by atoms with E-state index >= 15 is 0 Å². The summed E-state index contributed by atoms with van der Waals surface area (Å²) < 4.78 is 12.1. The molecule has 194 valence electrons. The number of para-hydroxylation sites is 1. The van der Waals surface area contributed by atoms with Crippen LogP contribution in [0, 0.1) is 5.92 Å². The molecule has 0 radical (unpaired) electrons. The largest absolute Gasteiger partial charge is 0.383 e. The fourth-order valence-corrected chi connectivity index (χ4v) is 4.53. The molecule has 1 heterocycles. The van der Waals surface area contributed by atoms with Gasteiger partial charge in [-0.3, -0.25) is 14.6 Å². The number of nitrogens with zero attached hydrogens (tertiary/aromatic N) is 5. The van der Waals surface area contributed by atoms with Gasteiger partial charge in [-0.1, -0.05) is 68.1 Å². The van der Waals surface area contributed by atoms with E-state index < -0.39 is 0 Å². The molecule has 0 spiro atoms. The summed E-state index contributed by atoms with van der Waals surface area (Å²) in [6.45, 7) is 4.31. The van der Waals surface area contributed by atoms with Gasteiger partial charge in [-0.05, 0) is 53.8 Å². The monoisotopic (exact) mass is 530 g/mol. The number of hydrogen-bond acceptors (Lipinski definition) is 6. The first-order chi connectivity index (χ1) is 18.4. The Labute approximate surface area is 224 Å². The molecule has 1 fully saturated rings. The summed E-state index contributed by atoms with van der Waals surface area (Å²) in [6.07, 6.45) is 3.82. The van der Waals surface area contributed by atoms with Crippen molar-refractivity contribution in [1.82, 2.24) is 0 Å². The van der Waals surface area contributed by atoms with Gasteiger partial charge in [0, 0.05) is 10.1 Å². The second kappa shape index (κ2) is 12.8. The Bertz CT molecular complexity index is 1390. The summed E-state index contributed by atoms with van der Waals surface area (Å²) >= 11 is 1.38. The Hall–Kier alpha value is -4.31. The number of halogens is 1. The van der Waals surface area contributed by atoms with E-state index in [-0.39, 0.29) is 17.5 Å². The van der Waals surface area contributed by atoms with Crippen LogP contribution in [-0.2, 0) is 11.2 Å². The number of amides is 1. The fraction of sp³-hybridized carbons (Fsp3) is 0.179. The molecule has 0 unspecified atom stereocenters. The first kappa shape index (κ1) is 26.7. The second-order valence-corrected chi connectivity index (χ2v) is 9.77. The van der Waals surface area contributed by atoms with Gasteiger partial charge in [0.05, 0.1) is 23.3 Å². The number of thioether (sulfide) groups is 1. The third-order valence-electron chi connectivity index (χ3n) is 5.51. The quantitative estimate of drug-likeness (QED) is 0.218. The topological polar surface area (TPSA) is 105 Å². The summed E-state index contributed by atoms with van der Waals surface area (Å²) in [4.78, 5) is 26.3. The zero-order valence-corrected chi connectivity index (χ0v) is 21.8. The van der Waals surface area contributed by atoms with Crippen molar-refractivity contribution >= 4 is 52.6 Å². The number of amidine groups is 2. The zero-order chi connectivity index (χ0) is 26.9. The van der Waals surface area contributed by atoms with Crippen molar-refractivity contribution in [2.45, 2.75) is 20.3 Å². The van der Waals surface area contributed by atoms with Crippen molar-refractivity contribution in [1.29, 1.82) is 0 Å². The second-order valence-electron chi connectivity index (χ2n) is 8.82. The number of benzene rings is 3. The lowest BCUT2D eigenvalue weighted by Gasteiger charge is -2.20. The molecule has 0 saturated carbocycles. The van der Waals surface area contributed by atoms with Crippen molar-refractivity contribution in [2.24, 2.45) is 31.8 Å². The molecule has 3 aromatic carbocycles. The highest BCUT2D eigenvalue weighted by molar-refractivity contribution is 8.15. The molecule has 1 aliphatic heterocycles. The van der Waals surface area contributed by atoms with Gasteiger partial charge in [-0.15, -0.1) is 5.10 Å². The minimum absolute atomic E-state index is 0.00592. The van der Waals surface area contributed by atoms with Crippen LogP contribution in [0.3, 0.4) is 0 Å². The molecule has 1 saturated heterocycles. The number of hydrogen-bond donors (Lipinski definition) is 1. The van der Waals surface area contributed by atoms with Crippen molar-refractivity contribution < 1.29 is 14.3 Å². The van der Waals surface area contributed by atoms with Crippen LogP contribution in [0.15, 0.2) is 93.0 Å². The first-order valence-electron chi connectivity index (χ1n) is 11.9. The standard InChI is InChI=1S/C28H27FN6O2S/c1-19(2)15-22-5-3-4-6-25(22)35-26(36)17-38-28(35)34-33-16-20-7-9-21(10-8-20)27(30)32-18-31-23-11-13-24(37-29)14-12-23/h3-14,16,18-19H,15,17H2,1-2H3,(H2,30,31,32)/b33-16+,34-28-. The number of anilines is 1. The molecule has 1 aliphatic rings. The van der Waals surface area contributed by atoms with E-state index in [1.807, 2.05) is 42.5 Å². The van der Waals surface area contributed by atoms with Crippen molar-refractivity contribution in [3.05, 3.63) is 89.5 Å². The number of carbonyl (C=O) groups is 1. The SMILES string of the molecule is CC(C)Cc1ccccc1N1C(=O)CS/C1=N\N=C\c1ccc(C(N)=NC=Nc2ccc(OF)cc2)cc1. The van der Waals surface area contributed by atoms with E-state index in [1.165, 1.54) is 30.2 Å². The Balaban J connectivity index is 1.43. The highest BCUT2D eigenvalue weighted by Crippen LogP contribution is 2.31. The summed E-state index contributed by atoms with van der Waals surface area (Å²) in [7, 11) is 0. The lowest BCUT2D eigenvalue weighted by atomic mass is 10.0. The molecule has 10 heteroatoms. The van der Waals surface area contributed by atoms with Crippen molar-refractivity contribution in [2.75, 3.05) is 10.7 Å². The van der Waals surface area contributed by atoms with Crippen LogP contribution in [0.25, 0.3) is 0 Å². The third kappa shape index (κ3) is 6.92. The van der Waals surface area contributed by atoms with Gasteiger partial charge in [0.2, 0.25) is 5.91 Å². The average Bonchev–Trinajstić information content (AvgIpc) is 3.29. The van der Waals surface area contributed by atoms with E-state index in [0.29, 0.717) is 28.1 Å². The Morgan fingerprint density at radius 3 is 2.55 bits per heavy atom. The molecule has 0 bridgehead atoms. The summed E-state index contributed by atoms with van der Waals surface area (Å²) in [5.41, 5.74) is 10.1. The molecule has 8 nitrogen and oxygen atoms in total. The lowest BCUT2D eigenvalue weighted by Crippen LogP contribution is -2.30. The smallest absolute Gasteiger partial charge is 0.243 e. The van der Waals surface area contributed by atoms with Gasteiger partial charge in [0.1, 0.15) is 12.2 Å². The highest BCUT2D eigenvalue weighted by atomic mass is 32.2. The van der Waals surface area contributed by atoms with Crippen molar-refractivity contribution in [3.8, 4) is 5.75 Å².